The molecule has 1 aliphatic rings. The molecule has 1 atom stereocenters. The number of pyridine rings is 2. The largest absolute Gasteiger partial charge is 0.418 e. The molecule has 5 N–H and O–H groups in total. The van der Waals surface area contributed by atoms with E-state index in [-0.39, 0.29) is 42.5 Å². The smallest absolute Gasteiger partial charge is 0.397 e. The Morgan fingerprint density at radius 1 is 1.14 bits per heavy atom. The summed E-state index contributed by atoms with van der Waals surface area (Å²) < 4.78 is 45.4. The number of nitrogens with one attached hydrogen (secondary N) is 3. The lowest BCUT2D eigenvalue weighted by Gasteiger charge is -2.27. The van der Waals surface area contributed by atoms with E-state index in [0.717, 1.165) is 6.07 Å². The summed E-state index contributed by atoms with van der Waals surface area (Å²) in [6.07, 6.45) is -0.243. The highest BCUT2D eigenvalue weighted by Gasteiger charge is 2.43. The molecular formula is C24H22ClF3N6O3. The van der Waals surface area contributed by atoms with Crippen LogP contribution in [0.25, 0.3) is 0 Å². The van der Waals surface area contributed by atoms with Gasteiger partial charge in [-0.05, 0) is 36.4 Å². The van der Waals surface area contributed by atoms with Crippen molar-refractivity contribution in [1.29, 1.82) is 0 Å². The molecule has 1 saturated heterocycles. The molecule has 0 spiro atoms. The summed E-state index contributed by atoms with van der Waals surface area (Å²) in [6, 6.07) is 7.96. The number of rotatable bonds is 7. The highest BCUT2D eigenvalue weighted by atomic mass is 35.5. The van der Waals surface area contributed by atoms with Gasteiger partial charge in [0.25, 0.3) is 5.91 Å². The molecule has 0 radical (unpaired) electrons. The molecular weight excluding hydrogens is 513 g/mol. The van der Waals surface area contributed by atoms with E-state index < -0.39 is 29.1 Å². The quantitative estimate of drug-likeness (QED) is 0.363. The summed E-state index contributed by atoms with van der Waals surface area (Å²) in [4.78, 5) is 33.8. The molecule has 0 saturated carbocycles. The number of halogens is 4. The Kier molecular flexibility index (Phi) is 7.50. The van der Waals surface area contributed by atoms with Crippen LogP contribution >= 0.6 is 11.6 Å². The topological polar surface area (TPSA) is 131 Å². The van der Waals surface area contributed by atoms with Crippen molar-refractivity contribution in [2.75, 3.05) is 24.3 Å². The van der Waals surface area contributed by atoms with Gasteiger partial charge in [-0.15, -0.1) is 0 Å². The van der Waals surface area contributed by atoms with E-state index in [4.69, 9.17) is 22.1 Å². The van der Waals surface area contributed by atoms with Crippen molar-refractivity contribution in [3.8, 4) is 0 Å². The van der Waals surface area contributed by atoms with E-state index in [1.807, 2.05) is 0 Å². The zero-order chi connectivity index (χ0) is 26.6. The molecule has 1 fully saturated rings. The number of carbonyl (C=O) groups is 2. The fraction of sp³-hybridized carbons (Fsp3) is 0.250. The Morgan fingerprint density at radius 3 is 2.59 bits per heavy atom. The first-order chi connectivity index (χ1) is 17.6. The van der Waals surface area contributed by atoms with Crippen molar-refractivity contribution in [3.63, 3.8) is 0 Å². The fourth-order valence-electron chi connectivity index (χ4n) is 3.73. The molecule has 1 aliphatic heterocycles. The molecule has 2 aromatic heterocycles. The van der Waals surface area contributed by atoms with Crippen LogP contribution in [0, 0.1) is 0 Å². The predicted octanol–water partition coefficient (Wildman–Crippen LogP) is 3.68. The number of benzene rings is 1. The van der Waals surface area contributed by atoms with Gasteiger partial charge in [0, 0.05) is 30.4 Å². The number of ether oxygens (including phenoxy) is 1. The second-order valence-electron chi connectivity index (χ2n) is 8.38. The van der Waals surface area contributed by atoms with Crippen LogP contribution in [0.3, 0.4) is 0 Å². The van der Waals surface area contributed by atoms with Crippen molar-refractivity contribution in [3.05, 3.63) is 76.8 Å². The molecule has 37 heavy (non-hydrogen) atoms. The third kappa shape index (κ3) is 6.27. The monoisotopic (exact) mass is 534 g/mol. The summed E-state index contributed by atoms with van der Waals surface area (Å²) in [5, 5.41) is 8.11. The first-order valence-corrected chi connectivity index (χ1v) is 11.4. The summed E-state index contributed by atoms with van der Waals surface area (Å²) in [5.74, 6) is -0.982. The Labute approximate surface area is 214 Å². The number of carbonyl (C=O) groups excluding carboxylic acids is 2. The second-order valence-corrected chi connectivity index (χ2v) is 8.82. The average molecular weight is 535 g/mol. The third-order valence-corrected chi connectivity index (χ3v) is 5.89. The highest BCUT2D eigenvalue weighted by Crippen LogP contribution is 2.37. The zero-order valence-corrected chi connectivity index (χ0v) is 20.0. The molecule has 9 nitrogen and oxygen atoms in total. The molecule has 1 aromatic carbocycles. The molecule has 3 heterocycles. The average Bonchev–Trinajstić information content (AvgIpc) is 3.33. The van der Waals surface area contributed by atoms with Crippen LogP contribution in [-0.2, 0) is 22.3 Å². The van der Waals surface area contributed by atoms with Crippen molar-refractivity contribution in [2.24, 2.45) is 0 Å². The van der Waals surface area contributed by atoms with Gasteiger partial charge >= 0.3 is 6.18 Å². The first-order valence-electron chi connectivity index (χ1n) is 11.0. The van der Waals surface area contributed by atoms with Crippen LogP contribution in [0.4, 0.5) is 30.2 Å². The van der Waals surface area contributed by atoms with E-state index in [0.29, 0.717) is 17.1 Å². The van der Waals surface area contributed by atoms with Crippen molar-refractivity contribution in [2.45, 2.75) is 24.7 Å². The Hall–Kier alpha value is -3.90. The van der Waals surface area contributed by atoms with Gasteiger partial charge in [-0.2, -0.15) is 13.2 Å². The normalized spacial score (nSPS) is 17.3. The van der Waals surface area contributed by atoms with Gasteiger partial charge in [0.2, 0.25) is 5.91 Å². The van der Waals surface area contributed by atoms with E-state index in [2.05, 4.69) is 25.9 Å². The maximum absolute atomic E-state index is 13.3. The number of nitrogens with zero attached hydrogens (tertiary/aromatic N) is 2. The minimum atomic E-state index is -4.59. The molecule has 3 aromatic rings. The predicted molar refractivity (Wildman–Crippen MR) is 130 cm³/mol. The summed E-state index contributed by atoms with van der Waals surface area (Å²) >= 11 is 5.72. The number of aromatic nitrogens is 2. The van der Waals surface area contributed by atoms with E-state index in [9.17, 15) is 22.8 Å². The molecule has 4 rings (SSSR count). The molecule has 194 valence electrons. The minimum absolute atomic E-state index is 0.0146. The van der Waals surface area contributed by atoms with Gasteiger partial charge in [0.1, 0.15) is 5.54 Å². The van der Waals surface area contributed by atoms with Crippen LogP contribution in [0.5, 0.6) is 0 Å². The van der Waals surface area contributed by atoms with E-state index >= 15 is 0 Å². The van der Waals surface area contributed by atoms with Crippen LogP contribution < -0.4 is 21.7 Å². The molecule has 0 aliphatic carbocycles. The summed E-state index contributed by atoms with van der Waals surface area (Å²) in [7, 11) is 0. The Bertz CT molecular complexity index is 1300. The van der Waals surface area contributed by atoms with Gasteiger partial charge in [0.05, 0.1) is 53.2 Å². The Balaban J connectivity index is 1.40. The van der Waals surface area contributed by atoms with E-state index in [1.165, 1.54) is 42.9 Å². The van der Waals surface area contributed by atoms with Crippen molar-refractivity contribution >= 4 is 40.5 Å². The molecule has 0 bridgehead atoms. The lowest BCUT2D eigenvalue weighted by atomic mass is 9.96. The number of nitrogens with two attached hydrogens (primary N) is 1. The first kappa shape index (κ1) is 26.2. The van der Waals surface area contributed by atoms with Gasteiger partial charge in [-0.1, -0.05) is 11.6 Å². The lowest BCUT2D eigenvalue weighted by molar-refractivity contribution is -0.137. The van der Waals surface area contributed by atoms with E-state index in [1.54, 1.807) is 6.07 Å². The van der Waals surface area contributed by atoms with Crippen LogP contribution in [-0.4, -0.2) is 40.5 Å². The number of hydrogen-bond donors (Lipinski definition) is 4. The zero-order valence-electron chi connectivity index (χ0n) is 19.2. The highest BCUT2D eigenvalue weighted by molar-refractivity contribution is 6.30. The molecule has 13 heteroatoms. The summed E-state index contributed by atoms with van der Waals surface area (Å²) in [5.41, 5.74) is 4.60. The third-order valence-electron chi connectivity index (χ3n) is 5.65. The lowest BCUT2D eigenvalue weighted by Crippen LogP contribution is -2.59. The second kappa shape index (κ2) is 10.6. The number of hydrogen-bond acceptors (Lipinski definition) is 7. The number of anilines is 3. The number of amides is 2. The van der Waals surface area contributed by atoms with Crippen LogP contribution in [0.1, 0.15) is 28.0 Å². The van der Waals surface area contributed by atoms with Crippen LogP contribution in [0.2, 0.25) is 5.02 Å². The number of alkyl halides is 3. The van der Waals surface area contributed by atoms with Gasteiger partial charge in [-0.25, -0.2) is 0 Å². The van der Waals surface area contributed by atoms with Crippen LogP contribution in [0.15, 0.2) is 55.0 Å². The fourth-order valence-corrected chi connectivity index (χ4v) is 3.90. The minimum Gasteiger partial charge on any atom is -0.397 e. The standard InChI is InChI=1S/C24H22ClF3N6O3/c25-15-1-4-20(19(8-15)24(26,27)28)33-18-3-2-17(31-12-18)11-32-22(36)23(5-6-37-13-23)34-21(35)14-7-16(29)10-30-9-14/h1-4,7-10,12,33H,5-6,11,13,29H2,(H,32,36)(H,34,35)/t23-/m0/s1. The maximum atomic E-state index is 13.3. The van der Waals surface area contributed by atoms with Gasteiger partial charge in [0.15, 0.2) is 0 Å². The summed E-state index contributed by atoms with van der Waals surface area (Å²) in [6.45, 7) is 0.288. The molecule has 2 amide bonds. The Morgan fingerprint density at radius 2 is 1.95 bits per heavy atom. The number of nitrogen functional groups attached to an aromatic ring is 1. The maximum Gasteiger partial charge on any atom is 0.418 e. The SMILES string of the molecule is Nc1cncc(C(=O)N[C@@]2(C(=O)NCc3ccc(Nc4ccc(Cl)cc4C(F)(F)F)cn3)CCOC2)c1. The van der Waals surface area contributed by atoms with Crippen molar-refractivity contribution in [1.82, 2.24) is 20.6 Å². The van der Waals surface area contributed by atoms with Gasteiger partial charge in [-0.3, -0.25) is 19.6 Å². The van der Waals surface area contributed by atoms with Crippen molar-refractivity contribution < 1.29 is 27.5 Å². The van der Waals surface area contributed by atoms with Gasteiger partial charge < -0.3 is 26.4 Å². The molecule has 0 unspecified atom stereocenters.